The highest BCUT2D eigenvalue weighted by molar-refractivity contribution is 14.1. The molecule has 0 bridgehead atoms. The summed E-state index contributed by atoms with van der Waals surface area (Å²) in [4.78, 5) is 16.7. The number of thiophene rings is 1. The van der Waals surface area contributed by atoms with Crippen molar-refractivity contribution in [1.82, 2.24) is 4.90 Å². The zero-order valence-electron chi connectivity index (χ0n) is 16.4. The van der Waals surface area contributed by atoms with E-state index in [9.17, 15) is 4.79 Å². The van der Waals surface area contributed by atoms with Gasteiger partial charge in [-0.1, -0.05) is 35.3 Å². The van der Waals surface area contributed by atoms with Gasteiger partial charge in [-0.05, 0) is 81.9 Å². The minimum Gasteiger partial charge on any atom is -0.333 e. The van der Waals surface area contributed by atoms with Gasteiger partial charge in [0.2, 0.25) is 0 Å². The summed E-state index contributed by atoms with van der Waals surface area (Å²) < 4.78 is 1.16. The van der Waals surface area contributed by atoms with E-state index in [1.165, 1.54) is 10.4 Å². The number of carbonyl (C=O) groups is 1. The molecule has 0 spiro atoms. The second kappa shape index (κ2) is 8.73. The third kappa shape index (κ3) is 4.23. The Morgan fingerprint density at radius 2 is 1.94 bits per heavy atom. The van der Waals surface area contributed by atoms with Crippen molar-refractivity contribution in [3.05, 3.63) is 83.5 Å². The van der Waals surface area contributed by atoms with Crippen LogP contribution in [0.25, 0.3) is 0 Å². The molecule has 1 aromatic heterocycles. The maximum atomic E-state index is 13.4. The molecule has 1 atom stereocenters. The molecule has 2 aliphatic heterocycles. The van der Waals surface area contributed by atoms with Crippen LogP contribution in [0.5, 0.6) is 0 Å². The first-order chi connectivity index (χ1) is 15.0. The summed E-state index contributed by atoms with van der Waals surface area (Å²) in [7, 11) is 0. The average molecular weight is 582 g/mol. The van der Waals surface area contributed by atoms with Crippen LogP contribution in [0.15, 0.2) is 59.0 Å². The number of nitrogens with zero attached hydrogens (tertiary/aromatic N) is 3. The zero-order valence-corrected chi connectivity index (χ0v) is 20.9. The molecular formula is C23H18Cl2IN3OS. The van der Waals surface area contributed by atoms with E-state index in [1.807, 2.05) is 16.0 Å². The van der Waals surface area contributed by atoms with E-state index in [2.05, 4.69) is 58.3 Å². The standard InChI is InChI=1S/C23H18Cl2IN3OS/c24-16-3-6-20(18(25)11-16)29-21(14-1-4-17(26)5-2-14)12-19(27-29)23(30)28-9-7-22-15(13-28)8-10-31-22/h1-6,8,10-11,21H,7,9,12-13H2. The SMILES string of the molecule is O=C(C1=NN(c2ccc(Cl)cc2Cl)C(c2ccc(I)cc2)C1)N1CCc2sccc2C1. The molecule has 2 aliphatic rings. The summed E-state index contributed by atoms with van der Waals surface area (Å²) in [6, 6.07) is 15.7. The smallest absolute Gasteiger partial charge is 0.270 e. The van der Waals surface area contributed by atoms with Crippen molar-refractivity contribution < 1.29 is 4.79 Å². The Hall–Kier alpha value is -1.61. The Labute approximate surface area is 208 Å². The molecule has 0 N–H and O–H groups in total. The van der Waals surface area contributed by atoms with Crippen molar-refractivity contribution in [2.75, 3.05) is 11.6 Å². The van der Waals surface area contributed by atoms with Crippen LogP contribution in [0.2, 0.25) is 10.0 Å². The fraction of sp³-hybridized carbons (Fsp3) is 0.217. The molecule has 4 nitrogen and oxygen atoms in total. The van der Waals surface area contributed by atoms with Crippen molar-refractivity contribution in [3.63, 3.8) is 0 Å². The molecule has 3 heterocycles. The van der Waals surface area contributed by atoms with Crippen LogP contribution in [-0.2, 0) is 17.8 Å². The number of rotatable bonds is 3. The Balaban J connectivity index is 1.48. The Morgan fingerprint density at radius 1 is 1.13 bits per heavy atom. The summed E-state index contributed by atoms with van der Waals surface area (Å²) in [5, 5.41) is 9.83. The first-order valence-electron chi connectivity index (χ1n) is 9.91. The van der Waals surface area contributed by atoms with E-state index in [4.69, 9.17) is 28.3 Å². The van der Waals surface area contributed by atoms with E-state index in [0.717, 1.165) is 27.8 Å². The lowest BCUT2D eigenvalue weighted by molar-refractivity contribution is -0.125. The van der Waals surface area contributed by atoms with E-state index >= 15 is 0 Å². The minimum absolute atomic E-state index is 0.0000485. The highest BCUT2D eigenvalue weighted by Crippen LogP contribution is 2.40. The Bertz CT molecular complexity index is 1180. The van der Waals surface area contributed by atoms with Crippen molar-refractivity contribution in [2.24, 2.45) is 5.10 Å². The van der Waals surface area contributed by atoms with Gasteiger partial charge >= 0.3 is 0 Å². The molecule has 2 aromatic carbocycles. The fourth-order valence-corrected chi connectivity index (χ4v) is 5.82. The van der Waals surface area contributed by atoms with Gasteiger partial charge in [0.1, 0.15) is 5.71 Å². The van der Waals surface area contributed by atoms with E-state index in [1.54, 1.807) is 23.5 Å². The van der Waals surface area contributed by atoms with E-state index in [0.29, 0.717) is 28.7 Å². The van der Waals surface area contributed by atoms with Gasteiger partial charge in [-0.3, -0.25) is 9.80 Å². The van der Waals surface area contributed by atoms with Crippen molar-refractivity contribution in [1.29, 1.82) is 0 Å². The number of hydrogen-bond acceptors (Lipinski definition) is 4. The molecule has 5 rings (SSSR count). The molecule has 1 amide bonds. The van der Waals surface area contributed by atoms with Gasteiger partial charge in [-0.25, -0.2) is 0 Å². The van der Waals surface area contributed by atoms with Gasteiger partial charge in [-0.15, -0.1) is 11.3 Å². The highest BCUT2D eigenvalue weighted by atomic mass is 127. The molecule has 0 saturated heterocycles. The lowest BCUT2D eigenvalue weighted by Gasteiger charge is -2.26. The predicted molar refractivity (Wildman–Crippen MR) is 136 cm³/mol. The molecule has 31 heavy (non-hydrogen) atoms. The van der Waals surface area contributed by atoms with Crippen LogP contribution in [0.3, 0.4) is 0 Å². The number of anilines is 1. The molecule has 1 unspecified atom stereocenters. The quantitative estimate of drug-likeness (QED) is 0.329. The summed E-state index contributed by atoms with van der Waals surface area (Å²) in [6.45, 7) is 1.37. The van der Waals surface area contributed by atoms with Crippen LogP contribution < -0.4 is 5.01 Å². The predicted octanol–water partition coefficient (Wildman–Crippen LogP) is 6.55. The van der Waals surface area contributed by atoms with Crippen LogP contribution in [-0.4, -0.2) is 23.1 Å². The lowest BCUT2D eigenvalue weighted by Crippen LogP contribution is -2.39. The van der Waals surface area contributed by atoms with Gasteiger partial charge < -0.3 is 4.90 Å². The maximum absolute atomic E-state index is 13.4. The van der Waals surface area contributed by atoms with Crippen LogP contribution >= 0.6 is 57.1 Å². The topological polar surface area (TPSA) is 35.9 Å². The zero-order chi connectivity index (χ0) is 21.5. The highest BCUT2D eigenvalue weighted by Gasteiger charge is 2.36. The minimum atomic E-state index is -0.101. The van der Waals surface area contributed by atoms with Gasteiger partial charge in [0.15, 0.2) is 0 Å². The fourth-order valence-electron chi connectivity index (χ4n) is 4.08. The Kier molecular flexibility index (Phi) is 5.98. The summed E-state index contributed by atoms with van der Waals surface area (Å²) in [6.07, 6.45) is 1.44. The molecule has 8 heteroatoms. The molecule has 158 valence electrons. The molecule has 0 radical (unpaired) electrons. The third-order valence-electron chi connectivity index (χ3n) is 5.66. The number of halogens is 3. The van der Waals surface area contributed by atoms with Gasteiger partial charge in [0.05, 0.1) is 16.8 Å². The largest absolute Gasteiger partial charge is 0.333 e. The van der Waals surface area contributed by atoms with E-state index in [-0.39, 0.29) is 11.9 Å². The second-order valence-corrected chi connectivity index (χ2v) is 10.7. The summed E-state index contributed by atoms with van der Waals surface area (Å²) in [5.74, 6) is -0.0000485. The van der Waals surface area contributed by atoms with Crippen molar-refractivity contribution in [2.45, 2.75) is 25.4 Å². The molecule has 0 fully saturated rings. The number of benzene rings is 2. The monoisotopic (exact) mass is 581 g/mol. The number of carbonyl (C=O) groups excluding carboxylic acids is 1. The Morgan fingerprint density at radius 3 is 2.71 bits per heavy atom. The number of hydrazone groups is 1. The van der Waals surface area contributed by atoms with Gasteiger partial charge in [0, 0.05) is 33.0 Å². The lowest BCUT2D eigenvalue weighted by atomic mass is 10.0. The number of fused-ring (bicyclic) bond motifs is 1. The number of amides is 1. The summed E-state index contributed by atoms with van der Waals surface area (Å²) in [5.41, 5.74) is 3.65. The second-order valence-electron chi connectivity index (χ2n) is 7.60. The number of hydrogen-bond donors (Lipinski definition) is 0. The first-order valence-corrected chi connectivity index (χ1v) is 12.6. The van der Waals surface area contributed by atoms with E-state index < -0.39 is 0 Å². The molecule has 0 aliphatic carbocycles. The average Bonchev–Trinajstić information content (AvgIpc) is 3.40. The molecular weight excluding hydrogens is 564 g/mol. The van der Waals surface area contributed by atoms with Crippen LogP contribution in [0.1, 0.15) is 28.5 Å². The van der Waals surface area contributed by atoms with Crippen molar-refractivity contribution in [3.8, 4) is 0 Å². The van der Waals surface area contributed by atoms with Crippen LogP contribution in [0, 0.1) is 3.57 Å². The van der Waals surface area contributed by atoms with Gasteiger partial charge in [-0.2, -0.15) is 5.10 Å². The molecule has 0 saturated carbocycles. The maximum Gasteiger partial charge on any atom is 0.270 e. The first kappa shape index (κ1) is 21.2. The van der Waals surface area contributed by atoms with Gasteiger partial charge in [0.25, 0.3) is 5.91 Å². The van der Waals surface area contributed by atoms with Crippen LogP contribution in [0.4, 0.5) is 5.69 Å². The third-order valence-corrected chi connectivity index (χ3v) is 7.94. The normalized spacial score (nSPS) is 18.2. The summed E-state index contributed by atoms with van der Waals surface area (Å²) >= 11 is 16.7. The van der Waals surface area contributed by atoms with Crippen molar-refractivity contribution >= 4 is 74.4 Å². The molecule has 3 aromatic rings.